The van der Waals surface area contributed by atoms with E-state index in [1.807, 2.05) is 0 Å². The standard InChI is InChI=1S/C28H48O3Si/c1-19-22-11-10-20-16-21-17-27(20,14-15-28(21)18-29-25(5,6)31-28)26(22,7)13-12-23(19)30-32(8,9)24(2,3)4/h20-22H,10-18H2,1-9H3/t20-,21+,22-,26-,27-,28-/m0/s1. The van der Waals surface area contributed by atoms with Crippen molar-refractivity contribution < 1.29 is 13.9 Å². The van der Waals surface area contributed by atoms with Gasteiger partial charge in [0.25, 0.3) is 0 Å². The highest BCUT2D eigenvalue weighted by Gasteiger charge is 2.69. The Morgan fingerprint density at radius 3 is 2.34 bits per heavy atom. The van der Waals surface area contributed by atoms with Crippen LogP contribution in [0.5, 0.6) is 0 Å². The summed E-state index contributed by atoms with van der Waals surface area (Å²) in [5.41, 5.74) is 2.48. The molecule has 5 rings (SSSR count). The minimum atomic E-state index is -1.79. The first kappa shape index (κ1) is 23.4. The second-order valence-electron chi connectivity index (χ2n) is 14.4. The molecule has 0 aromatic heterocycles. The minimum absolute atomic E-state index is 0.0197. The molecule has 182 valence electrons. The molecule has 2 bridgehead atoms. The molecule has 3 nitrogen and oxygen atoms in total. The summed E-state index contributed by atoms with van der Waals surface area (Å²) in [7, 11) is -1.79. The van der Waals surface area contributed by atoms with Crippen LogP contribution in [-0.2, 0) is 13.9 Å². The fourth-order valence-corrected chi connectivity index (χ4v) is 9.85. The number of hydrogen-bond acceptors (Lipinski definition) is 3. The van der Waals surface area contributed by atoms with Crippen LogP contribution >= 0.6 is 0 Å². The molecule has 2 spiro atoms. The molecule has 4 fully saturated rings. The molecule has 6 atom stereocenters. The fourth-order valence-electron chi connectivity index (χ4n) is 8.66. The van der Waals surface area contributed by atoms with Crippen molar-refractivity contribution in [2.45, 2.75) is 129 Å². The van der Waals surface area contributed by atoms with Gasteiger partial charge in [-0.25, -0.2) is 0 Å². The molecule has 0 radical (unpaired) electrons. The van der Waals surface area contributed by atoms with Crippen LogP contribution in [-0.4, -0.2) is 26.3 Å². The first-order valence-electron chi connectivity index (χ1n) is 13.4. The normalized spacial score (nSPS) is 45.7. The second kappa shape index (κ2) is 6.88. The summed E-state index contributed by atoms with van der Waals surface area (Å²) in [4.78, 5) is 0. The van der Waals surface area contributed by atoms with Gasteiger partial charge in [0, 0.05) is 6.42 Å². The topological polar surface area (TPSA) is 27.7 Å². The van der Waals surface area contributed by atoms with E-state index in [0.717, 1.165) is 18.9 Å². The van der Waals surface area contributed by atoms with E-state index in [1.165, 1.54) is 50.7 Å². The Morgan fingerprint density at radius 1 is 1.00 bits per heavy atom. The van der Waals surface area contributed by atoms with Crippen molar-refractivity contribution in [1.29, 1.82) is 0 Å². The van der Waals surface area contributed by atoms with Gasteiger partial charge < -0.3 is 13.9 Å². The van der Waals surface area contributed by atoms with Gasteiger partial charge in [0.2, 0.25) is 8.32 Å². The lowest BCUT2D eigenvalue weighted by molar-refractivity contribution is -0.190. The Labute approximate surface area is 198 Å². The smallest absolute Gasteiger partial charge is 0.250 e. The zero-order chi connectivity index (χ0) is 23.4. The summed E-state index contributed by atoms with van der Waals surface area (Å²) in [6.07, 6.45) is 10.4. The molecule has 1 aliphatic heterocycles. The lowest BCUT2D eigenvalue weighted by Crippen LogP contribution is -2.56. The quantitative estimate of drug-likeness (QED) is 0.393. The van der Waals surface area contributed by atoms with Crippen LogP contribution < -0.4 is 0 Å². The second-order valence-corrected chi connectivity index (χ2v) is 19.1. The summed E-state index contributed by atoms with van der Waals surface area (Å²) in [5.74, 6) is 3.19. The molecule has 0 aromatic carbocycles. The summed E-state index contributed by atoms with van der Waals surface area (Å²) < 4.78 is 19.7. The molecule has 4 heteroatoms. The van der Waals surface area contributed by atoms with Crippen molar-refractivity contribution in [3.63, 3.8) is 0 Å². The zero-order valence-corrected chi connectivity index (χ0v) is 23.3. The molecule has 0 aromatic rings. The van der Waals surface area contributed by atoms with E-state index in [4.69, 9.17) is 13.9 Å². The molecule has 0 amide bonds. The largest absolute Gasteiger partial charge is 0.547 e. The number of rotatable bonds is 2. The number of fused-ring (bicyclic) bond motifs is 3. The van der Waals surface area contributed by atoms with Crippen LogP contribution in [0.3, 0.4) is 0 Å². The third-order valence-corrected chi connectivity index (χ3v) is 15.9. The maximum atomic E-state index is 6.94. The van der Waals surface area contributed by atoms with E-state index in [-0.39, 0.29) is 10.6 Å². The Morgan fingerprint density at radius 2 is 1.72 bits per heavy atom. The highest BCUT2D eigenvalue weighted by atomic mass is 28.4. The molecule has 5 aliphatic rings. The maximum Gasteiger partial charge on any atom is 0.250 e. The van der Waals surface area contributed by atoms with Crippen molar-refractivity contribution in [3.8, 4) is 0 Å². The van der Waals surface area contributed by atoms with Gasteiger partial charge in [0.05, 0.1) is 18.0 Å². The Hall–Kier alpha value is -0.323. The summed E-state index contributed by atoms with van der Waals surface area (Å²) in [6.45, 7) is 22.0. The number of allylic oxidation sites excluding steroid dienone is 2. The van der Waals surface area contributed by atoms with Crippen molar-refractivity contribution in [2.24, 2.45) is 28.6 Å². The van der Waals surface area contributed by atoms with Crippen molar-refractivity contribution >= 4 is 8.32 Å². The highest BCUT2D eigenvalue weighted by molar-refractivity contribution is 6.74. The van der Waals surface area contributed by atoms with Gasteiger partial charge in [-0.3, -0.25) is 0 Å². The lowest BCUT2D eigenvalue weighted by atomic mass is 9.43. The van der Waals surface area contributed by atoms with Crippen LogP contribution in [0.4, 0.5) is 0 Å². The van der Waals surface area contributed by atoms with E-state index in [0.29, 0.717) is 22.7 Å². The van der Waals surface area contributed by atoms with Crippen LogP contribution in [0.25, 0.3) is 0 Å². The average molecular weight is 461 g/mol. The van der Waals surface area contributed by atoms with E-state index in [1.54, 1.807) is 5.57 Å². The minimum Gasteiger partial charge on any atom is -0.547 e. The fraction of sp³-hybridized carbons (Fsp3) is 0.929. The molecule has 0 N–H and O–H groups in total. The Kier molecular flexibility index (Phi) is 5.03. The molecule has 3 saturated carbocycles. The van der Waals surface area contributed by atoms with E-state index < -0.39 is 14.1 Å². The Balaban J connectivity index is 1.43. The van der Waals surface area contributed by atoms with Crippen molar-refractivity contribution in [3.05, 3.63) is 11.3 Å². The molecule has 0 unspecified atom stereocenters. The summed E-state index contributed by atoms with van der Waals surface area (Å²) >= 11 is 0. The molecular formula is C28H48O3Si. The van der Waals surface area contributed by atoms with Gasteiger partial charge in [-0.15, -0.1) is 0 Å². The van der Waals surface area contributed by atoms with Gasteiger partial charge in [-0.1, -0.05) is 27.7 Å². The SMILES string of the molecule is CC1=C(O[Si](C)(C)C(C)(C)C)CC[C@@]2(C)[C@H]1CC[C@H]1C[C@@H]3C[C@@]12CC[C@]31COC(C)(C)O1. The van der Waals surface area contributed by atoms with Gasteiger partial charge in [-0.05, 0) is 118 Å². The maximum absolute atomic E-state index is 6.94. The average Bonchev–Trinajstić information content (AvgIpc) is 3.17. The third kappa shape index (κ3) is 3.10. The first-order valence-corrected chi connectivity index (χ1v) is 16.3. The van der Waals surface area contributed by atoms with E-state index in [9.17, 15) is 0 Å². The van der Waals surface area contributed by atoms with E-state index >= 15 is 0 Å². The summed E-state index contributed by atoms with van der Waals surface area (Å²) in [6, 6.07) is 0. The lowest BCUT2D eigenvalue weighted by Gasteiger charge is -2.62. The van der Waals surface area contributed by atoms with Gasteiger partial charge in [0.1, 0.15) is 0 Å². The van der Waals surface area contributed by atoms with Gasteiger partial charge in [-0.2, -0.15) is 0 Å². The Bertz CT molecular complexity index is 823. The van der Waals surface area contributed by atoms with Crippen LogP contribution in [0.15, 0.2) is 11.3 Å². The summed E-state index contributed by atoms with van der Waals surface area (Å²) in [5, 5.41) is 0.255. The zero-order valence-electron chi connectivity index (χ0n) is 22.3. The van der Waals surface area contributed by atoms with E-state index in [2.05, 4.69) is 61.6 Å². The van der Waals surface area contributed by atoms with Crippen LogP contribution in [0.2, 0.25) is 18.1 Å². The monoisotopic (exact) mass is 460 g/mol. The predicted octanol–water partition coefficient (Wildman–Crippen LogP) is 7.82. The first-order chi connectivity index (χ1) is 14.6. The number of ether oxygens (including phenoxy) is 2. The van der Waals surface area contributed by atoms with Gasteiger partial charge >= 0.3 is 0 Å². The third-order valence-electron chi connectivity index (χ3n) is 11.5. The van der Waals surface area contributed by atoms with Crippen LogP contribution in [0, 0.1) is 28.6 Å². The van der Waals surface area contributed by atoms with Crippen LogP contribution in [0.1, 0.15) is 99.8 Å². The number of hydrogen-bond donors (Lipinski definition) is 0. The predicted molar refractivity (Wildman–Crippen MR) is 133 cm³/mol. The van der Waals surface area contributed by atoms with Crippen molar-refractivity contribution in [2.75, 3.05) is 6.61 Å². The molecular weight excluding hydrogens is 412 g/mol. The van der Waals surface area contributed by atoms with Crippen molar-refractivity contribution in [1.82, 2.24) is 0 Å². The molecule has 1 saturated heterocycles. The molecule has 32 heavy (non-hydrogen) atoms. The molecule has 4 aliphatic carbocycles. The molecule has 1 heterocycles. The van der Waals surface area contributed by atoms with Gasteiger partial charge in [0.15, 0.2) is 5.79 Å². The highest BCUT2D eigenvalue weighted by Crippen LogP contribution is 2.74.